The van der Waals surface area contributed by atoms with Gasteiger partial charge in [0.25, 0.3) is 0 Å². The minimum absolute atomic E-state index is 0.104. The zero-order chi connectivity index (χ0) is 10.1. The molecule has 0 bridgehead atoms. The lowest BCUT2D eigenvalue weighted by molar-refractivity contribution is -0.121. The molecule has 2 aliphatic carbocycles. The molecule has 0 aliphatic heterocycles. The SMILES string of the molecule is COC1=C(OC)C2CCCC2CC1=O. The largest absolute Gasteiger partial charge is 0.497 e. The van der Waals surface area contributed by atoms with Gasteiger partial charge in [-0.2, -0.15) is 0 Å². The van der Waals surface area contributed by atoms with E-state index in [-0.39, 0.29) is 5.78 Å². The minimum atomic E-state index is 0.104. The number of hydrogen-bond donors (Lipinski definition) is 0. The van der Waals surface area contributed by atoms with Crippen LogP contribution in [0.15, 0.2) is 11.5 Å². The highest BCUT2D eigenvalue weighted by Gasteiger charge is 2.40. The van der Waals surface area contributed by atoms with Crippen molar-refractivity contribution in [1.82, 2.24) is 0 Å². The first-order valence-corrected chi connectivity index (χ1v) is 5.13. The second-order valence-electron chi connectivity index (χ2n) is 4.03. The van der Waals surface area contributed by atoms with Gasteiger partial charge in [0.2, 0.25) is 5.78 Å². The van der Waals surface area contributed by atoms with Crippen molar-refractivity contribution in [2.75, 3.05) is 14.2 Å². The predicted molar refractivity (Wildman–Crippen MR) is 51.5 cm³/mol. The summed E-state index contributed by atoms with van der Waals surface area (Å²) in [6.45, 7) is 0. The number of carbonyl (C=O) groups excluding carboxylic acids is 1. The number of hydrogen-bond acceptors (Lipinski definition) is 3. The minimum Gasteiger partial charge on any atom is -0.497 e. The Kier molecular flexibility index (Phi) is 2.48. The molecule has 2 atom stereocenters. The van der Waals surface area contributed by atoms with Crippen LogP contribution in [0.3, 0.4) is 0 Å². The molecular weight excluding hydrogens is 180 g/mol. The fourth-order valence-electron chi connectivity index (χ4n) is 2.72. The highest BCUT2D eigenvalue weighted by Crippen LogP contribution is 2.44. The van der Waals surface area contributed by atoms with Crippen molar-refractivity contribution in [3.05, 3.63) is 11.5 Å². The van der Waals surface area contributed by atoms with Crippen LogP contribution in [-0.4, -0.2) is 20.0 Å². The Labute approximate surface area is 84.1 Å². The molecule has 2 aliphatic rings. The van der Waals surface area contributed by atoms with Gasteiger partial charge in [-0.1, -0.05) is 6.42 Å². The number of allylic oxidation sites excluding steroid dienone is 2. The Morgan fingerprint density at radius 1 is 1.21 bits per heavy atom. The highest BCUT2D eigenvalue weighted by atomic mass is 16.5. The normalized spacial score (nSPS) is 31.7. The summed E-state index contributed by atoms with van der Waals surface area (Å²) in [5, 5.41) is 0. The third kappa shape index (κ3) is 1.31. The zero-order valence-electron chi connectivity index (χ0n) is 8.71. The van der Waals surface area contributed by atoms with Crippen LogP contribution in [-0.2, 0) is 14.3 Å². The zero-order valence-corrected chi connectivity index (χ0v) is 8.71. The Morgan fingerprint density at radius 3 is 2.64 bits per heavy atom. The van der Waals surface area contributed by atoms with E-state index in [0.29, 0.717) is 24.0 Å². The van der Waals surface area contributed by atoms with Gasteiger partial charge in [-0.3, -0.25) is 4.79 Å². The van der Waals surface area contributed by atoms with Crippen LogP contribution in [0.5, 0.6) is 0 Å². The quantitative estimate of drug-likeness (QED) is 0.676. The van der Waals surface area contributed by atoms with Gasteiger partial charge in [-0.25, -0.2) is 0 Å². The number of ether oxygens (including phenoxy) is 2. The lowest BCUT2D eigenvalue weighted by Crippen LogP contribution is -2.26. The third-order valence-corrected chi connectivity index (χ3v) is 3.34. The molecule has 1 saturated carbocycles. The van der Waals surface area contributed by atoms with Crippen LogP contribution in [0.25, 0.3) is 0 Å². The molecule has 2 unspecified atom stereocenters. The molecule has 0 aromatic rings. The molecule has 0 amide bonds. The number of carbonyl (C=O) groups is 1. The molecule has 1 fully saturated rings. The maximum atomic E-state index is 11.7. The first-order chi connectivity index (χ1) is 6.77. The van der Waals surface area contributed by atoms with Crippen LogP contribution < -0.4 is 0 Å². The molecule has 14 heavy (non-hydrogen) atoms. The molecular formula is C11H16O3. The van der Waals surface area contributed by atoms with Gasteiger partial charge in [0.15, 0.2) is 5.76 Å². The van der Waals surface area contributed by atoms with Gasteiger partial charge in [-0.15, -0.1) is 0 Å². The summed E-state index contributed by atoms with van der Waals surface area (Å²) >= 11 is 0. The fourth-order valence-corrected chi connectivity index (χ4v) is 2.72. The molecule has 0 spiro atoms. The van der Waals surface area contributed by atoms with Crippen molar-refractivity contribution >= 4 is 5.78 Å². The number of ketones is 1. The molecule has 3 nitrogen and oxygen atoms in total. The average molecular weight is 196 g/mol. The molecule has 2 rings (SSSR count). The van der Waals surface area contributed by atoms with Gasteiger partial charge in [-0.05, 0) is 18.8 Å². The van der Waals surface area contributed by atoms with E-state index in [1.165, 1.54) is 6.42 Å². The van der Waals surface area contributed by atoms with Crippen LogP contribution >= 0.6 is 0 Å². The summed E-state index contributed by atoms with van der Waals surface area (Å²) in [5.41, 5.74) is 0. The van der Waals surface area contributed by atoms with E-state index in [4.69, 9.17) is 9.47 Å². The summed E-state index contributed by atoms with van der Waals surface area (Å²) in [6.07, 6.45) is 4.13. The molecule has 0 saturated heterocycles. The Balaban J connectivity index is 2.35. The van der Waals surface area contributed by atoms with Crippen molar-refractivity contribution in [3.63, 3.8) is 0 Å². The van der Waals surface area contributed by atoms with Crippen molar-refractivity contribution in [2.45, 2.75) is 25.7 Å². The van der Waals surface area contributed by atoms with Crippen LogP contribution in [0.4, 0.5) is 0 Å². The van der Waals surface area contributed by atoms with E-state index in [2.05, 4.69) is 0 Å². The second kappa shape index (κ2) is 3.64. The topological polar surface area (TPSA) is 35.5 Å². The highest BCUT2D eigenvalue weighted by molar-refractivity contribution is 5.95. The smallest absolute Gasteiger partial charge is 0.201 e. The Hall–Kier alpha value is -0.990. The van der Waals surface area contributed by atoms with Crippen molar-refractivity contribution in [2.24, 2.45) is 11.8 Å². The van der Waals surface area contributed by atoms with Crippen molar-refractivity contribution < 1.29 is 14.3 Å². The number of fused-ring (bicyclic) bond motifs is 1. The molecule has 0 aromatic heterocycles. The maximum Gasteiger partial charge on any atom is 0.201 e. The Morgan fingerprint density at radius 2 is 2.00 bits per heavy atom. The summed E-state index contributed by atoms with van der Waals surface area (Å²) in [4.78, 5) is 11.7. The van der Waals surface area contributed by atoms with E-state index in [0.717, 1.165) is 18.6 Å². The van der Waals surface area contributed by atoms with E-state index in [1.807, 2.05) is 0 Å². The average Bonchev–Trinajstić information content (AvgIpc) is 2.62. The fraction of sp³-hybridized carbons (Fsp3) is 0.727. The van der Waals surface area contributed by atoms with Gasteiger partial charge < -0.3 is 9.47 Å². The van der Waals surface area contributed by atoms with Gasteiger partial charge in [0, 0.05) is 12.3 Å². The van der Waals surface area contributed by atoms with E-state index < -0.39 is 0 Å². The lowest BCUT2D eigenvalue weighted by Gasteiger charge is -2.27. The lowest BCUT2D eigenvalue weighted by atomic mass is 9.83. The standard InChI is InChI=1S/C11H16O3/c1-13-10-8-5-3-4-7(8)6-9(12)11(10)14-2/h7-8H,3-6H2,1-2H3. The molecule has 0 radical (unpaired) electrons. The summed E-state index contributed by atoms with van der Waals surface area (Å²) in [6, 6.07) is 0. The monoisotopic (exact) mass is 196 g/mol. The number of Topliss-reactive ketones (excluding diaryl/α,β-unsaturated/α-hetero) is 1. The number of methoxy groups -OCH3 is 2. The van der Waals surface area contributed by atoms with E-state index in [9.17, 15) is 4.79 Å². The molecule has 0 N–H and O–H groups in total. The summed E-state index contributed by atoms with van der Waals surface area (Å²) in [5.74, 6) is 2.26. The first-order valence-electron chi connectivity index (χ1n) is 5.13. The number of rotatable bonds is 2. The maximum absolute atomic E-state index is 11.7. The van der Waals surface area contributed by atoms with E-state index >= 15 is 0 Å². The van der Waals surface area contributed by atoms with Gasteiger partial charge >= 0.3 is 0 Å². The van der Waals surface area contributed by atoms with Crippen LogP contribution in [0.2, 0.25) is 0 Å². The second-order valence-corrected chi connectivity index (χ2v) is 4.03. The summed E-state index contributed by atoms with van der Waals surface area (Å²) < 4.78 is 10.4. The molecule has 0 heterocycles. The summed E-state index contributed by atoms with van der Waals surface area (Å²) in [7, 11) is 3.17. The molecule has 0 aromatic carbocycles. The van der Waals surface area contributed by atoms with Crippen LogP contribution in [0, 0.1) is 11.8 Å². The van der Waals surface area contributed by atoms with Crippen molar-refractivity contribution in [3.8, 4) is 0 Å². The third-order valence-electron chi connectivity index (χ3n) is 3.34. The Bertz CT molecular complexity index is 280. The van der Waals surface area contributed by atoms with Gasteiger partial charge in [0.05, 0.1) is 14.2 Å². The van der Waals surface area contributed by atoms with Gasteiger partial charge in [0.1, 0.15) is 5.76 Å². The molecule has 3 heteroatoms. The first kappa shape index (κ1) is 9.56. The predicted octanol–water partition coefficient (Wildman–Crippen LogP) is 1.88. The van der Waals surface area contributed by atoms with Crippen LogP contribution in [0.1, 0.15) is 25.7 Å². The van der Waals surface area contributed by atoms with Crippen molar-refractivity contribution in [1.29, 1.82) is 0 Å². The molecule has 78 valence electrons. The van der Waals surface area contributed by atoms with E-state index in [1.54, 1.807) is 14.2 Å².